The maximum absolute atomic E-state index is 12.9. The molecular formula is C28H39F2N5O2S. The lowest BCUT2D eigenvalue weighted by atomic mass is 9.87. The SMILES string of the molecule is C=N/C=C(/CC(=O)N=C)N1C=CC=CC1.CC(F)(F)COc1nc2c(s1)CCN(CCC1CCCCC1)C2. The van der Waals surface area contributed by atoms with E-state index < -0.39 is 12.5 Å². The van der Waals surface area contributed by atoms with Crippen LogP contribution < -0.4 is 4.74 Å². The van der Waals surface area contributed by atoms with Crippen LogP contribution in [0.3, 0.4) is 0 Å². The molecule has 208 valence electrons. The molecular weight excluding hydrogens is 508 g/mol. The Bertz CT molecular complexity index is 1020. The molecule has 0 N–H and O–H groups in total. The summed E-state index contributed by atoms with van der Waals surface area (Å²) in [7, 11) is 0. The number of hydrogen-bond donors (Lipinski definition) is 0. The number of carbonyl (C=O) groups is 1. The molecule has 10 heteroatoms. The van der Waals surface area contributed by atoms with E-state index in [2.05, 4.69) is 33.3 Å². The average molecular weight is 548 g/mol. The number of allylic oxidation sites excluding steroid dienone is 2. The quantitative estimate of drug-likeness (QED) is 0.334. The minimum Gasteiger partial charge on any atom is -0.464 e. The second kappa shape index (κ2) is 15.0. The zero-order valence-corrected chi connectivity index (χ0v) is 23.1. The summed E-state index contributed by atoms with van der Waals surface area (Å²) in [5.41, 5.74) is 1.79. The minimum atomic E-state index is -2.81. The molecule has 1 aromatic rings. The van der Waals surface area contributed by atoms with E-state index in [0.717, 1.165) is 56.8 Å². The van der Waals surface area contributed by atoms with Crippen molar-refractivity contribution < 1.29 is 18.3 Å². The van der Waals surface area contributed by atoms with Crippen molar-refractivity contribution in [3.8, 4) is 5.19 Å². The predicted octanol–water partition coefficient (Wildman–Crippen LogP) is 6.04. The molecule has 0 bridgehead atoms. The van der Waals surface area contributed by atoms with Crippen LogP contribution in [0.5, 0.6) is 5.19 Å². The monoisotopic (exact) mass is 547 g/mol. The van der Waals surface area contributed by atoms with Crippen molar-refractivity contribution in [2.75, 3.05) is 26.2 Å². The summed E-state index contributed by atoms with van der Waals surface area (Å²) in [5.74, 6) is -2.18. The first-order valence-corrected chi connectivity index (χ1v) is 14.0. The normalized spacial score (nSPS) is 18.4. The number of nitrogens with zero attached hydrogens (tertiary/aromatic N) is 5. The molecule has 4 rings (SSSR count). The smallest absolute Gasteiger partial charge is 0.278 e. The second-order valence-corrected chi connectivity index (χ2v) is 11.0. The van der Waals surface area contributed by atoms with Gasteiger partial charge >= 0.3 is 0 Å². The lowest BCUT2D eigenvalue weighted by Crippen LogP contribution is -2.32. The molecule has 1 aliphatic carbocycles. The van der Waals surface area contributed by atoms with Gasteiger partial charge in [-0.15, -0.1) is 0 Å². The van der Waals surface area contributed by atoms with E-state index >= 15 is 0 Å². The Labute approximate surface area is 228 Å². The van der Waals surface area contributed by atoms with Crippen LogP contribution in [0.25, 0.3) is 0 Å². The summed E-state index contributed by atoms with van der Waals surface area (Å²) in [6.45, 7) is 10.6. The summed E-state index contributed by atoms with van der Waals surface area (Å²) in [5, 5.41) is 0.394. The van der Waals surface area contributed by atoms with E-state index in [0.29, 0.717) is 5.19 Å². The molecule has 1 saturated carbocycles. The lowest BCUT2D eigenvalue weighted by molar-refractivity contribution is -0.117. The summed E-state index contributed by atoms with van der Waals surface area (Å²) >= 11 is 1.43. The van der Waals surface area contributed by atoms with Crippen molar-refractivity contribution in [2.45, 2.75) is 70.8 Å². The fourth-order valence-electron chi connectivity index (χ4n) is 4.73. The first-order chi connectivity index (χ1) is 18.3. The number of thiazole rings is 1. The number of hydrogen-bond acceptors (Lipinski definition) is 7. The van der Waals surface area contributed by atoms with Gasteiger partial charge in [0.15, 0.2) is 6.61 Å². The Morgan fingerprint density at radius 3 is 2.74 bits per heavy atom. The third kappa shape index (κ3) is 10.2. The summed E-state index contributed by atoms with van der Waals surface area (Å²) < 4.78 is 30.9. The largest absolute Gasteiger partial charge is 0.464 e. The molecule has 0 spiro atoms. The number of ether oxygens (including phenoxy) is 1. The number of carbonyl (C=O) groups excluding carboxylic acids is 1. The number of halogens is 2. The predicted molar refractivity (Wildman–Crippen MR) is 150 cm³/mol. The van der Waals surface area contributed by atoms with Crippen LogP contribution in [0.2, 0.25) is 0 Å². The van der Waals surface area contributed by atoms with Crippen molar-refractivity contribution in [3.63, 3.8) is 0 Å². The Kier molecular flexibility index (Phi) is 11.8. The molecule has 2 aliphatic heterocycles. The maximum atomic E-state index is 12.9. The molecule has 1 fully saturated rings. The third-order valence-corrected chi connectivity index (χ3v) is 7.82. The van der Waals surface area contributed by atoms with Gasteiger partial charge in [0.05, 0.1) is 12.1 Å². The molecule has 0 radical (unpaired) electrons. The van der Waals surface area contributed by atoms with Crippen LogP contribution in [-0.2, 0) is 17.8 Å². The molecule has 7 nitrogen and oxygen atoms in total. The molecule has 1 amide bonds. The van der Waals surface area contributed by atoms with Crippen molar-refractivity contribution >= 4 is 30.7 Å². The summed E-state index contributed by atoms with van der Waals surface area (Å²) in [6.07, 6.45) is 18.7. The molecule has 1 aromatic heterocycles. The summed E-state index contributed by atoms with van der Waals surface area (Å²) in [6, 6.07) is 0. The summed E-state index contributed by atoms with van der Waals surface area (Å²) in [4.78, 5) is 28.1. The highest BCUT2D eigenvalue weighted by molar-refractivity contribution is 7.13. The highest BCUT2D eigenvalue weighted by Gasteiger charge is 2.26. The number of rotatable bonds is 10. The van der Waals surface area contributed by atoms with Crippen LogP contribution >= 0.6 is 11.3 Å². The van der Waals surface area contributed by atoms with Crippen LogP contribution in [0.1, 0.15) is 62.4 Å². The van der Waals surface area contributed by atoms with Crippen LogP contribution in [-0.4, -0.2) is 66.3 Å². The van der Waals surface area contributed by atoms with Gasteiger partial charge in [0.2, 0.25) is 0 Å². The number of amides is 1. The highest BCUT2D eigenvalue weighted by atomic mass is 32.1. The van der Waals surface area contributed by atoms with E-state index in [9.17, 15) is 13.6 Å². The fraction of sp³-hybridized carbons (Fsp3) is 0.571. The van der Waals surface area contributed by atoms with Gasteiger partial charge in [-0.05, 0) is 44.8 Å². The maximum Gasteiger partial charge on any atom is 0.278 e. The topological polar surface area (TPSA) is 70.4 Å². The molecule has 0 atom stereocenters. The zero-order valence-electron chi connectivity index (χ0n) is 22.3. The van der Waals surface area contributed by atoms with Crippen molar-refractivity contribution in [1.82, 2.24) is 14.8 Å². The molecule has 3 heterocycles. The van der Waals surface area contributed by atoms with E-state index in [1.807, 2.05) is 29.3 Å². The number of alkyl halides is 2. The first kappa shape index (κ1) is 29.8. The van der Waals surface area contributed by atoms with Crippen molar-refractivity contribution in [1.29, 1.82) is 0 Å². The van der Waals surface area contributed by atoms with Gasteiger partial charge in [0.25, 0.3) is 17.0 Å². The molecule has 0 aromatic carbocycles. The zero-order chi connectivity index (χ0) is 27.4. The second-order valence-electron chi connectivity index (χ2n) is 9.98. The standard InChI is InChI=1S/C17H26F2N2OS.C11H13N3O/c1-17(18,19)12-22-16-20-14-11-21(10-8-15(14)23-16)9-7-13-5-3-2-4-6-13;1-12-9-10(8-11(15)13-2)14-6-4-3-5-7-14/h13H,2-12H2,1H3;3-6,9H,1-2,7-8H2/b;10-9-. The highest BCUT2D eigenvalue weighted by Crippen LogP contribution is 2.32. The van der Waals surface area contributed by atoms with Gasteiger partial charge in [0, 0.05) is 49.5 Å². The van der Waals surface area contributed by atoms with E-state index in [1.165, 1.54) is 54.7 Å². The van der Waals surface area contributed by atoms with Crippen LogP contribution in [0, 0.1) is 5.92 Å². The third-order valence-electron chi connectivity index (χ3n) is 6.75. The van der Waals surface area contributed by atoms with Crippen LogP contribution in [0.4, 0.5) is 8.78 Å². The minimum absolute atomic E-state index is 0.195. The van der Waals surface area contributed by atoms with Gasteiger partial charge in [-0.3, -0.25) is 14.7 Å². The Balaban J connectivity index is 0.000000232. The Hall–Kier alpha value is -2.72. The van der Waals surface area contributed by atoms with Crippen molar-refractivity contribution in [2.24, 2.45) is 15.9 Å². The van der Waals surface area contributed by atoms with Crippen LogP contribution in [0.15, 0.2) is 46.3 Å². The van der Waals surface area contributed by atoms with Gasteiger partial charge in [-0.25, -0.2) is 18.8 Å². The van der Waals surface area contributed by atoms with Gasteiger partial charge in [-0.2, -0.15) is 0 Å². The van der Waals surface area contributed by atoms with Gasteiger partial charge in [0.1, 0.15) is 0 Å². The molecule has 3 aliphatic rings. The van der Waals surface area contributed by atoms with E-state index in [-0.39, 0.29) is 12.3 Å². The van der Waals surface area contributed by atoms with E-state index in [1.54, 1.807) is 6.20 Å². The average Bonchev–Trinajstić information content (AvgIpc) is 3.34. The Morgan fingerprint density at radius 2 is 2.08 bits per heavy atom. The van der Waals surface area contributed by atoms with Gasteiger partial charge in [-0.1, -0.05) is 55.6 Å². The number of aliphatic imine (C=N–C) groups is 2. The molecule has 0 saturated heterocycles. The lowest BCUT2D eigenvalue weighted by Gasteiger charge is -2.29. The number of fused-ring (bicyclic) bond motifs is 1. The fourth-order valence-corrected chi connectivity index (χ4v) is 5.63. The molecule has 38 heavy (non-hydrogen) atoms. The molecule has 0 unspecified atom stereocenters. The van der Waals surface area contributed by atoms with Gasteiger partial charge < -0.3 is 9.64 Å². The van der Waals surface area contributed by atoms with Crippen molar-refractivity contribution in [3.05, 3.63) is 46.9 Å². The first-order valence-electron chi connectivity index (χ1n) is 13.2. The Morgan fingerprint density at radius 1 is 1.29 bits per heavy atom. The number of aromatic nitrogens is 1. The van der Waals surface area contributed by atoms with E-state index in [4.69, 9.17) is 4.74 Å².